The van der Waals surface area contributed by atoms with Crippen molar-refractivity contribution in [3.05, 3.63) is 0 Å². The van der Waals surface area contributed by atoms with Gasteiger partial charge in [0.1, 0.15) is 5.78 Å². The quantitative estimate of drug-likeness (QED) is 0.425. The minimum atomic E-state index is -3.78. The highest BCUT2D eigenvalue weighted by Crippen LogP contribution is 2.43. The standard InChI is InChI=1S/C3H8NO3P/c5-8(6,7)3-1-2-4-3/h3-4H,1-2H2,(H2,5,6,7). The average Bonchev–Trinajstić information content (AvgIpc) is 1.16. The maximum absolute atomic E-state index is 10.2. The number of nitrogens with one attached hydrogen (secondary N) is 1. The van der Waals surface area contributed by atoms with E-state index in [9.17, 15) is 4.57 Å². The molecule has 0 saturated carbocycles. The monoisotopic (exact) mass is 137 g/mol. The molecule has 1 fully saturated rings. The Kier molecular flexibility index (Phi) is 1.41. The summed E-state index contributed by atoms with van der Waals surface area (Å²) in [6.45, 7) is 0.732. The fourth-order valence-electron chi connectivity index (χ4n) is 0.561. The second kappa shape index (κ2) is 1.81. The summed E-state index contributed by atoms with van der Waals surface area (Å²) in [6, 6.07) is 0. The van der Waals surface area contributed by atoms with Gasteiger partial charge in [-0.05, 0) is 13.0 Å². The summed E-state index contributed by atoms with van der Waals surface area (Å²) >= 11 is 0. The van der Waals surface area contributed by atoms with Crippen LogP contribution < -0.4 is 5.32 Å². The second-order valence-corrected chi connectivity index (χ2v) is 3.65. The summed E-state index contributed by atoms with van der Waals surface area (Å²) in [5.74, 6) is -0.553. The molecule has 1 aliphatic rings. The Labute approximate surface area is 47.1 Å². The van der Waals surface area contributed by atoms with Gasteiger partial charge in [0.25, 0.3) is 0 Å². The Morgan fingerprint density at radius 3 is 2.12 bits per heavy atom. The van der Waals surface area contributed by atoms with E-state index in [0.717, 1.165) is 6.54 Å². The molecule has 3 N–H and O–H groups in total. The second-order valence-electron chi connectivity index (χ2n) is 1.85. The Morgan fingerprint density at radius 1 is 1.62 bits per heavy atom. The largest absolute Gasteiger partial charge is 0.342 e. The predicted octanol–water partition coefficient (Wildman–Crippen LogP) is -0.517. The van der Waals surface area contributed by atoms with Gasteiger partial charge < -0.3 is 15.1 Å². The van der Waals surface area contributed by atoms with Crippen LogP contribution in [-0.2, 0) is 4.57 Å². The Bertz CT molecular complexity index is 126. The highest BCUT2D eigenvalue weighted by atomic mass is 31.2. The van der Waals surface area contributed by atoms with E-state index in [0.29, 0.717) is 6.42 Å². The van der Waals surface area contributed by atoms with Crippen molar-refractivity contribution in [2.45, 2.75) is 12.2 Å². The first-order chi connectivity index (χ1) is 3.61. The molecule has 0 aromatic rings. The predicted molar refractivity (Wildman–Crippen MR) is 28.5 cm³/mol. The van der Waals surface area contributed by atoms with Crippen LogP contribution >= 0.6 is 7.60 Å². The summed E-state index contributed by atoms with van der Waals surface area (Å²) in [6.07, 6.45) is 0.601. The Hall–Kier alpha value is 0.110. The van der Waals surface area contributed by atoms with Crippen molar-refractivity contribution in [2.75, 3.05) is 6.54 Å². The molecule has 0 aromatic carbocycles. The molecular formula is C3H8NO3P. The van der Waals surface area contributed by atoms with Crippen molar-refractivity contribution in [3.8, 4) is 0 Å². The van der Waals surface area contributed by atoms with Gasteiger partial charge in [-0.15, -0.1) is 0 Å². The van der Waals surface area contributed by atoms with Crippen LogP contribution in [0.15, 0.2) is 0 Å². The summed E-state index contributed by atoms with van der Waals surface area (Å²) in [4.78, 5) is 16.8. The molecule has 0 radical (unpaired) electrons. The Morgan fingerprint density at radius 2 is 2.12 bits per heavy atom. The van der Waals surface area contributed by atoms with Crippen molar-refractivity contribution in [1.29, 1.82) is 0 Å². The molecule has 1 rings (SSSR count). The molecule has 8 heavy (non-hydrogen) atoms. The molecule has 1 atom stereocenters. The van der Waals surface area contributed by atoms with Crippen LogP contribution in [0.2, 0.25) is 0 Å². The van der Waals surface area contributed by atoms with Crippen molar-refractivity contribution >= 4 is 7.60 Å². The maximum Gasteiger partial charge on any atom is 0.342 e. The number of hydrogen-bond acceptors (Lipinski definition) is 2. The summed E-state index contributed by atoms with van der Waals surface area (Å²) in [7, 11) is -3.78. The average molecular weight is 137 g/mol. The van der Waals surface area contributed by atoms with Gasteiger partial charge in [-0.3, -0.25) is 4.57 Å². The highest BCUT2D eigenvalue weighted by Gasteiger charge is 2.33. The first kappa shape index (κ1) is 6.23. The van der Waals surface area contributed by atoms with Gasteiger partial charge >= 0.3 is 7.60 Å². The first-order valence-electron chi connectivity index (χ1n) is 2.39. The first-order valence-corrected chi connectivity index (χ1v) is 4.07. The lowest BCUT2D eigenvalue weighted by molar-refractivity contribution is 0.315. The van der Waals surface area contributed by atoms with E-state index < -0.39 is 13.4 Å². The fourth-order valence-corrected chi connectivity index (χ4v) is 1.39. The van der Waals surface area contributed by atoms with Crippen LogP contribution in [0.25, 0.3) is 0 Å². The van der Waals surface area contributed by atoms with E-state index in [-0.39, 0.29) is 0 Å². The van der Waals surface area contributed by atoms with Crippen molar-refractivity contribution in [1.82, 2.24) is 5.32 Å². The zero-order valence-corrected chi connectivity index (χ0v) is 5.14. The van der Waals surface area contributed by atoms with Gasteiger partial charge in [-0.1, -0.05) is 0 Å². The van der Waals surface area contributed by atoms with E-state index in [1.807, 2.05) is 0 Å². The molecule has 0 bridgehead atoms. The van der Waals surface area contributed by atoms with Crippen LogP contribution in [-0.4, -0.2) is 22.1 Å². The van der Waals surface area contributed by atoms with Gasteiger partial charge in [-0.2, -0.15) is 0 Å². The molecule has 0 amide bonds. The minimum absolute atomic E-state index is 0.553. The van der Waals surface area contributed by atoms with Gasteiger partial charge in [0.15, 0.2) is 0 Å². The summed E-state index contributed by atoms with van der Waals surface area (Å²) in [5.41, 5.74) is 0. The summed E-state index contributed by atoms with van der Waals surface area (Å²) in [5, 5.41) is 2.62. The zero-order valence-electron chi connectivity index (χ0n) is 4.24. The molecule has 1 unspecified atom stereocenters. The molecule has 0 aliphatic carbocycles. The number of hydrogen-bond donors (Lipinski definition) is 3. The van der Waals surface area contributed by atoms with Crippen LogP contribution in [0.4, 0.5) is 0 Å². The maximum atomic E-state index is 10.2. The molecule has 0 aromatic heterocycles. The molecule has 5 heteroatoms. The van der Waals surface area contributed by atoms with E-state index in [2.05, 4.69) is 5.32 Å². The van der Waals surface area contributed by atoms with Gasteiger partial charge in [0, 0.05) is 0 Å². The van der Waals surface area contributed by atoms with Gasteiger partial charge in [0.2, 0.25) is 0 Å². The van der Waals surface area contributed by atoms with E-state index in [4.69, 9.17) is 9.79 Å². The van der Waals surface area contributed by atoms with Gasteiger partial charge in [-0.25, -0.2) is 0 Å². The third-order valence-electron chi connectivity index (χ3n) is 1.20. The lowest BCUT2D eigenvalue weighted by Gasteiger charge is -2.27. The van der Waals surface area contributed by atoms with Crippen molar-refractivity contribution < 1.29 is 14.4 Å². The van der Waals surface area contributed by atoms with Gasteiger partial charge in [0.05, 0.1) is 0 Å². The molecule has 4 nitrogen and oxygen atoms in total. The van der Waals surface area contributed by atoms with Crippen molar-refractivity contribution in [3.63, 3.8) is 0 Å². The molecule has 0 spiro atoms. The lowest BCUT2D eigenvalue weighted by Crippen LogP contribution is -2.42. The molecule has 1 heterocycles. The topological polar surface area (TPSA) is 69.6 Å². The lowest BCUT2D eigenvalue weighted by atomic mass is 10.3. The highest BCUT2D eigenvalue weighted by molar-refractivity contribution is 7.52. The normalized spacial score (nSPS) is 29.5. The minimum Gasteiger partial charge on any atom is -0.323 e. The molecular weight excluding hydrogens is 129 g/mol. The van der Waals surface area contributed by atoms with E-state index in [1.165, 1.54) is 0 Å². The fraction of sp³-hybridized carbons (Fsp3) is 1.00. The summed E-state index contributed by atoms with van der Waals surface area (Å²) < 4.78 is 10.2. The smallest absolute Gasteiger partial charge is 0.323 e. The van der Waals surface area contributed by atoms with Crippen LogP contribution in [0.5, 0.6) is 0 Å². The molecule has 48 valence electrons. The third kappa shape index (κ3) is 1.09. The zero-order chi connectivity index (χ0) is 6.20. The van der Waals surface area contributed by atoms with Crippen molar-refractivity contribution in [2.24, 2.45) is 0 Å². The molecule has 1 saturated heterocycles. The molecule has 1 aliphatic heterocycles. The SMILES string of the molecule is O=P(O)(O)C1CCN1. The van der Waals surface area contributed by atoms with E-state index in [1.54, 1.807) is 0 Å². The van der Waals surface area contributed by atoms with Crippen LogP contribution in [0, 0.1) is 0 Å². The van der Waals surface area contributed by atoms with Crippen LogP contribution in [0.1, 0.15) is 6.42 Å². The van der Waals surface area contributed by atoms with Crippen LogP contribution in [0.3, 0.4) is 0 Å². The Balaban J connectivity index is 2.46. The van der Waals surface area contributed by atoms with E-state index >= 15 is 0 Å². The number of rotatable bonds is 1. The third-order valence-corrected chi connectivity index (χ3v) is 2.46.